The Morgan fingerprint density at radius 2 is 2.39 bits per heavy atom. The first-order chi connectivity index (χ1) is 11.4. The van der Waals surface area contributed by atoms with E-state index in [1.807, 2.05) is 18.2 Å². The molecule has 1 aliphatic heterocycles. The molecule has 1 fully saturated rings. The van der Waals surface area contributed by atoms with Crippen LogP contribution in [0.4, 0.5) is 0 Å². The van der Waals surface area contributed by atoms with Crippen molar-refractivity contribution in [3.63, 3.8) is 0 Å². The fourth-order valence-corrected chi connectivity index (χ4v) is 3.09. The SMILES string of the molecule is c1cncc(-c2cc(CN3CCCC(c4ncn[nH]4)C3)on2)c1. The van der Waals surface area contributed by atoms with Gasteiger partial charge in [-0.25, -0.2) is 4.98 Å². The summed E-state index contributed by atoms with van der Waals surface area (Å²) in [6, 6.07) is 5.88. The third kappa shape index (κ3) is 3.14. The van der Waals surface area contributed by atoms with E-state index >= 15 is 0 Å². The van der Waals surface area contributed by atoms with Crippen LogP contribution >= 0.6 is 0 Å². The predicted molar refractivity (Wildman–Crippen MR) is 83.4 cm³/mol. The first kappa shape index (κ1) is 14.1. The Morgan fingerprint density at radius 3 is 3.22 bits per heavy atom. The van der Waals surface area contributed by atoms with Gasteiger partial charge in [-0.15, -0.1) is 0 Å². The van der Waals surface area contributed by atoms with Crippen molar-refractivity contribution in [3.8, 4) is 11.3 Å². The van der Waals surface area contributed by atoms with Crippen LogP contribution in [0, 0.1) is 0 Å². The summed E-state index contributed by atoms with van der Waals surface area (Å²) in [6.07, 6.45) is 7.41. The molecule has 1 unspecified atom stereocenters. The molecule has 23 heavy (non-hydrogen) atoms. The van der Waals surface area contributed by atoms with Gasteiger partial charge < -0.3 is 4.52 Å². The van der Waals surface area contributed by atoms with Gasteiger partial charge in [0.1, 0.15) is 17.8 Å². The van der Waals surface area contributed by atoms with Crippen molar-refractivity contribution in [2.75, 3.05) is 13.1 Å². The van der Waals surface area contributed by atoms with Gasteiger partial charge in [0.05, 0.1) is 6.54 Å². The van der Waals surface area contributed by atoms with E-state index in [4.69, 9.17) is 4.52 Å². The molecule has 4 heterocycles. The van der Waals surface area contributed by atoms with Gasteiger partial charge in [0, 0.05) is 36.5 Å². The normalized spacial score (nSPS) is 19.0. The number of hydrogen-bond acceptors (Lipinski definition) is 6. The molecule has 0 spiro atoms. The van der Waals surface area contributed by atoms with Crippen LogP contribution in [0.15, 0.2) is 41.4 Å². The van der Waals surface area contributed by atoms with Gasteiger partial charge in [0.25, 0.3) is 0 Å². The average molecular weight is 310 g/mol. The van der Waals surface area contributed by atoms with Crippen LogP contribution in [0.3, 0.4) is 0 Å². The predicted octanol–water partition coefficient (Wildman–Crippen LogP) is 2.23. The lowest BCUT2D eigenvalue weighted by atomic mass is 9.97. The highest BCUT2D eigenvalue weighted by atomic mass is 16.5. The third-order valence-corrected chi connectivity index (χ3v) is 4.22. The number of hydrogen-bond donors (Lipinski definition) is 1. The fourth-order valence-electron chi connectivity index (χ4n) is 3.09. The first-order valence-electron chi connectivity index (χ1n) is 7.82. The van der Waals surface area contributed by atoms with Crippen molar-refractivity contribution in [2.45, 2.75) is 25.3 Å². The fraction of sp³-hybridized carbons (Fsp3) is 0.375. The molecule has 3 aromatic rings. The quantitative estimate of drug-likeness (QED) is 0.795. The van der Waals surface area contributed by atoms with Gasteiger partial charge in [0.2, 0.25) is 0 Å². The second kappa shape index (κ2) is 6.29. The van der Waals surface area contributed by atoms with Crippen LogP contribution < -0.4 is 0 Å². The maximum Gasteiger partial charge on any atom is 0.151 e. The highest BCUT2D eigenvalue weighted by molar-refractivity contribution is 5.57. The van der Waals surface area contributed by atoms with Crippen LogP contribution in [0.5, 0.6) is 0 Å². The molecule has 7 heteroatoms. The minimum Gasteiger partial charge on any atom is -0.359 e. The molecule has 0 bridgehead atoms. The van der Waals surface area contributed by atoms with Crippen molar-refractivity contribution in [2.24, 2.45) is 0 Å². The van der Waals surface area contributed by atoms with E-state index in [1.165, 1.54) is 0 Å². The van der Waals surface area contributed by atoms with Gasteiger partial charge in [-0.3, -0.25) is 15.0 Å². The van der Waals surface area contributed by atoms with E-state index in [2.05, 4.69) is 30.2 Å². The molecule has 1 aliphatic rings. The number of pyridine rings is 1. The average Bonchev–Trinajstić information content (AvgIpc) is 3.28. The van der Waals surface area contributed by atoms with Gasteiger partial charge in [-0.05, 0) is 31.5 Å². The van der Waals surface area contributed by atoms with Gasteiger partial charge in [0.15, 0.2) is 5.76 Å². The van der Waals surface area contributed by atoms with Crippen molar-refractivity contribution in [3.05, 3.63) is 48.5 Å². The molecule has 1 N–H and O–H groups in total. The summed E-state index contributed by atoms with van der Waals surface area (Å²) < 4.78 is 5.49. The Labute approximate surface area is 133 Å². The summed E-state index contributed by atoms with van der Waals surface area (Å²) in [5.74, 6) is 2.26. The van der Waals surface area contributed by atoms with E-state index in [1.54, 1.807) is 18.7 Å². The summed E-state index contributed by atoms with van der Waals surface area (Å²) in [7, 11) is 0. The van der Waals surface area contributed by atoms with Gasteiger partial charge in [-0.1, -0.05) is 5.16 Å². The minimum atomic E-state index is 0.409. The molecule has 118 valence electrons. The highest BCUT2D eigenvalue weighted by Gasteiger charge is 2.24. The standard InChI is InChI=1S/C16H18N6O/c1-3-12(8-17-5-1)15-7-14(23-21-15)10-22-6-2-4-13(9-22)16-18-11-19-20-16/h1,3,5,7-8,11,13H,2,4,6,9-10H2,(H,18,19,20). The van der Waals surface area contributed by atoms with Crippen LogP contribution in [0.25, 0.3) is 11.3 Å². The van der Waals surface area contributed by atoms with Gasteiger partial charge >= 0.3 is 0 Å². The maximum atomic E-state index is 5.49. The van der Waals surface area contributed by atoms with E-state index in [9.17, 15) is 0 Å². The first-order valence-corrected chi connectivity index (χ1v) is 7.82. The van der Waals surface area contributed by atoms with Crippen LogP contribution in [0.1, 0.15) is 30.3 Å². The molecule has 0 saturated carbocycles. The lowest BCUT2D eigenvalue weighted by Gasteiger charge is -2.30. The van der Waals surface area contributed by atoms with Crippen molar-refractivity contribution in [1.82, 2.24) is 30.2 Å². The molecule has 4 rings (SSSR count). The minimum absolute atomic E-state index is 0.409. The maximum absolute atomic E-state index is 5.49. The topological polar surface area (TPSA) is 83.7 Å². The molecule has 0 aliphatic carbocycles. The van der Waals surface area contributed by atoms with Crippen LogP contribution in [-0.4, -0.2) is 43.3 Å². The highest BCUT2D eigenvalue weighted by Crippen LogP contribution is 2.26. The summed E-state index contributed by atoms with van der Waals surface area (Å²) in [5.41, 5.74) is 1.80. The molecule has 0 radical (unpaired) electrons. The molecule has 0 aromatic carbocycles. The molecular weight excluding hydrogens is 292 g/mol. The number of rotatable bonds is 4. The molecule has 0 amide bonds. The smallest absolute Gasteiger partial charge is 0.151 e. The summed E-state index contributed by atoms with van der Waals surface area (Å²) in [5, 5.41) is 11.1. The van der Waals surface area contributed by atoms with E-state index in [0.29, 0.717) is 5.92 Å². The lowest BCUT2D eigenvalue weighted by Crippen LogP contribution is -2.34. The number of likely N-dealkylation sites (tertiary alicyclic amines) is 1. The largest absolute Gasteiger partial charge is 0.359 e. The number of aromatic nitrogens is 5. The number of piperidine rings is 1. The molecule has 7 nitrogen and oxygen atoms in total. The Balaban J connectivity index is 1.43. The zero-order valence-corrected chi connectivity index (χ0v) is 12.7. The zero-order chi connectivity index (χ0) is 15.5. The lowest BCUT2D eigenvalue weighted by molar-refractivity contribution is 0.177. The molecule has 1 saturated heterocycles. The Bertz CT molecular complexity index is 739. The second-order valence-corrected chi connectivity index (χ2v) is 5.87. The summed E-state index contributed by atoms with van der Waals surface area (Å²) in [4.78, 5) is 10.8. The number of nitrogens with one attached hydrogen (secondary N) is 1. The van der Waals surface area contributed by atoms with E-state index in [-0.39, 0.29) is 0 Å². The number of H-pyrrole nitrogens is 1. The van der Waals surface area contributed by atoms with Crippen molar-refractivity contribution in [1.29, 1.82) is 0 Å². The number of nitrogens with zero attached hydrogens (tertiary/aromatic N) is 5. The molecule has 1 atom stereocenters. The van der Waals surface area contributed by atoms with E-state index in [0.717, 1.165) is 55.3 Å². The van der Waals surface area contributed by atoms with Crippen molar-refractivity contribution >= 4 is 0 Å². The third-order valence-electron chi connectivity index (χ3n) is 4.22. The summed E-state index contributed by atoms with van der Waals surface area (Å²) >= 11 is 0. The Kier molecular flexibility index (Phi) is 3.85. The van der Waals surface area contributed by atoms with Crippen LogP contribution in [0.2, 0.25) is 0 Å². The Hall–Kier alpha value is -2.54. The Morgan fingerprint density at radius 1 is 1.39 bits per heavy atom. The van der Waals surface area contributed by atoms with E-state index < -0.39 is 0 Å². The summed E-state index contributed by atoms with van der Waals surface area (Å²) in [6.45, 7) is 2.78. The van der Waals surface area contributed by atoms with Crippen LogP contribution in [-0.2, 0) is 6.54 Å². The van der Waals surface area contributed by atoms with Crippen molar-refractivity contribution < 1.29 is 4.52 Å². The molecule has 3 aromatic heterocycles. The number of aromatic amines is 1. The monoisotopic (exact) mass is 310 g/mol. The molecular formula is C16H18N6O. The second-order valence-electron chi connectivity index (χ2n) is 5.87. The zero-order valence-electron chi connectivity index (χ0n) is 12.7. The van der Waals surface area contributed by atoms with Gasteiger partial charge in [-0.2, -0.15) is 5.10 Å².